The lowest BCUT2D eigenvalue weighted by atomic mass is 10.0. The van der Waals surface area contributed by atoms with Crippen molar-refractivity contribution >= 4 is 17.8 Å². The highest BCUT2D eigenvalue weighted by Crippen LogP contribution is 2.18. The van der Waals surface area contributed by atoms with Crippen LogP contribution in [0.25, 0.3) is 0 Å². The van der Waals surface area contributed by atoms with Gasteiger partial charge >= 0.3 is 11.9 Å². The summed E-state index contributed by atoms with van der Waals surface area (Å²) in [6.07, 6.45) is 46.9. The van der Waals surface area contributed by atoms with E-state index in [4.69, 9.17) is 9.84 Å². The first-order valence-corrected chi connectivity index (χ1v) is 20.6. The molecule has 0 saturated carbocycles. The summed E-state index contributed by atoms with van der Waals surface area (Å²) < 4.78 is 5.99. The number of ether oxygens (including phenoxy) is 1. The van der Waals surface area contributed by atoms with E-state index in [1.54, 1.807) is 0 Å². The maximum Gasteiger partial charge on any atom is 0.322 e. The molecule has 0 aromatic heterocycles. The van der Waals surface area contributed by atoms with Crippen molar-refractivity contribution < 1.29 is 24.2 Å². The summed E-state index contributed by atoms with van der Waals surface area (Å²) >= 11 is 0. The lowest BCUT2D eigenvalue weighted by Crippen LogP contribution is -2.28. The van der Waals surface area contributed by atoms with E-state index >= 15 is 0 Å². The van der Waals surface area contributed by atoms with Crippen LogP contribution in [-0.2, 0) is 19.1 Å². The number of carboxylic acid groups (broad SMARTS) is 1. The van der Waals surface area contributed by atoms with E-state index in [0.717, 1.165) is 83.5 Å². The summed E-state index contributed by atoms with van der Waals surface area (Å²) in [6, 6.07) is 0. The van der Waals surface area contributed by atoms with E-state index in [9.17, 15) is 14.4 Å². The van der Waals surface area contributed by atoms with Crippen LogP contribution in [0.1, 0.15) is 206 Å². The van der Waals surface area contributed by atoms with Crippen molar-refractivity contribution in [1.82, 2.24) is 5.32 Å². The lowest BCUT2D eigenvalue weighted by Gasteiger charge is -2.18. The van der Waals surface area contributed by atoms with Gasteiger partial charge in [0.25, 0.3) is 0 Å². The molecule has 0 rings (SSSR count). The number of unbranched alkanes of at least 4 members (excludes halogenated alkanes) is 20. The van der Waals surface area contributed by atoms with Gasteiger partial charge in [-0.05, 0) is 89.9 Å². The Bertz CT molecular complexity index is 849. The van der Waals surface area contributed by atoms with Crippen molar-refractivity contribution in [2.75, 3.05) is 6.54 Å². The molecule has 0 fully saturated rings. The molecule has 0 aromatic carbocycles. The number of amides is 1. The Balaban J connectivity index is 4.21. The van der Waals surface area contributed by atoms with E-state index in [2.05, 4.69) is 55.6 Å². The lowest BCUT2D eigenvalue weighted by molar-refractivity contribution is -0.150. The quantitative estimate of drug-likeness (QED) is 0.0385. The molecule has 49 heavy (non-hydrogen) atoms. The van der Waals surface area contributed by atoms with Crippen LogP contribution >= 0.6 is 0 Å². The fourth-order valence-electron chi connectivity index (χ4n) is 5.96. The summed E-state index contributed by atoms with van der Waals surface area (Å²) in [6.45, 7) is 4.19. The van der Waals surface area contributed by atoms with Crippen molar-refractivity contribution in [3.05, 3.63) is 36.5 Å². The van der Waals surface area contributed by atoms with Gasteiger partial charge < -0.3 is 15.2 Å². The smallest absolute Gasteiger partial charge is 0.322 e. The van der Waals surface area contributed by atoms with Crippen LogP contribution in [0.3, 0.4) is 0 Å². The Labute approximate surface area is 302 Å². The van der Waals surface area contributed by atoms with Crippen molar-refractivity contribution in [1.29, 1.82) is 0 Å². The van der Waals surface area contributed by atoms with E-state index < -0.39 is 5.97 Å². The zero-order valence-electron chi connectivity index (χ0n) is 32.0. The molecular weight excluding hydrogens is 610 g/mol. The summed E-state index contributed by atoms with van der Waals surface area (Å²) in [5.41, 5.74) is 0. The first-order valence-electron chi connectivity index (χ1n) is 20.6. The van der Waals surface area contributed by atoms with E-state index in [0.29, 0.717) is 12.8 Å². The van der Waals surface area contributed by atoms with Crippen LogP contribution in [0.4, 0.5) is 0 Å². The van der Waals surface area contributed by atoms with Crippen LogP contribution in [0.15, 0.2) is 36.5 Å². The summed E-state index contributed by atoms with van der Waals surface area (Å²) in [5.74, 6) is -1.26. The number of hydrogen-bond acceptors (Lipinski definition) is 4. The number of carboxylic acids is 1. The minimum Gasteiger partial charge on any atom is -0.480 e. The van der Waals surface area contributed by atoms with Gasteiger partial charge in [-0.1, -0.05) is 140 Å². The van der Waals surface area contributed by atoms with Gasteiger partial charge in [0.1, 0.15) is 12.6 Å². The third-order valence-corrected chi connectivity index (χ3v) is 9.03. The van der Waals surface area contributed by atoms with Gasteiger partial charge in [-0.25, -0.2) is 0 Å². The van der Waals surface area contributed by atoms with Gasteiger partial charge in [0.05, 0.1) is 0 Å². The Morgan fingerprint density at radius 3 is 1.53 bits per heavy atom. The fraction of sp³-hybridized carbons (Fsp3) is 0.791. The van der Waals surface area contributed by atoms with E-state index in [-0.39, 0.29) is 24.5 Å². The predicted molar refractivity (Wildman–Crippen MR) is 208 cm³/mol. The average Bonchev–Trinajstić information content (AvgIpc) is 3.08. The highest BCUT2D eigenvalue weighted by Gasteiger charge is 2.14. The number of aliphatic carboxylic acids is 1. The van der Waals surface area contributed by atoms with Crippen LogP contribution < -0.4 is 5.32 Å². The standard InChI is InChI=1S/C43H77NO5/c1-3-5-7-9-11-13-15-16-17-18-19-21-23-25-30-34-38-43(48)49-40(35-31-27-24-22-20-14-12-10-8-6-4-2)36-32-28-26-29-33-37-41(45)44-39-42(46)47/h13,15,17-18,22,24,40H,3-12,14,16,19-21,23,25-39H2,1-2H3,(H,44,45)(H,46,47)/b15-13-,18-17-,24-22-. The molecule has 1 atom stereocenters. The Hall–Kier alpha value is -2.37. The number of nitrogens with one attached hydrogen (secondary N) is 1. The average molecular weight is 688 g/mol. The Morgan fingerprint density at radius 2 is 0.959 bits per heavy atom. The highest BCUT2D eigenvalue weighted by atomic mass is 16.5. The molecule has 0 aromatic rings. The molecule has 2 N–H and O–H groups in total. The minimum atomic E-state index is -1.02. The normalized spacial score (nSPS) is 12.4. The van der Waals surface area contributed by atoms with Crippen LogP contribution in [0.2, 0.25) is 0 Å². The summed E-state index contributed by atoms with van der Waals surface area (Å²) in [4.78, 5) is 34.9. The molecule has 0 spiro atoms. The van der Waals surface area contributed by atoms with Gasteiger partial charge in [0.15, 0.2) is 0 Å². The SMILES string of the molecule is CCCCCC/C=C\C/C=C\CCCCCCCC(=O)OC(CCC/C=C\CCCCCCCC)CCCCCCCC(=O)NCC(=O)O. The first kappa shape index (κ1) is 46.6. The van der Waals surface area contributed by atoms with E-state index in [1.165, 1.54) is 96.3 Å². The van der Waals surface area contributed by atoms with Crippen molar-refractivity contribution in [2.24, 2.45) is 0 Å². The third kappa shape index (κ3) is 38.3. The van der Waals surface area contributed by atoms with Gasteiger partial charge in [-0.3, -0.25) is 14.4 Å². The molecule has 0 bridgehead atoms. The topological polar surface area (TPSA) is 92.7 Å². The molecule has 0 radical (unpaired) electrons. The number of rotatable bonds is 37. The maximum atomic E-state index is 12.7. The largest absolute Gasteiger partial charge is 0.480 e. The Morgan fingerprint density at radius 1 is 0.531 bits per heavy atom. The van der Waals surface area contributed by atoms with Crippen molar-refractivity contribution in [3.63, 3.8) is 0 Å². The molecule has 0 heterocycles. The molecule has 284 valence electrons. The number of hydrogen-bond donors (Lipinski definition) is 2. The maximum absolute atomic E-state index is 12.7. The second-order valence-electron chi connectivity index (χ2n) is 13.9. The highest BCUT2D eigenvalue weighted by molar-refractivity contribution is 5.80. The molecule has 6 heteroatoms. The molecule has 6 nitrogen and oxygen atoms in total. The molecular formula is C43H77NO5. The predicted octanol–water partition coefficient (Wildman–Crippen LogP) is 12.5. The number of carbonyl (C=O) groups excluding carboxylic acids is 2. The molecule has 1 unspecified atom stereocenters. The Kier molecular flexibility index (Phi) is 36.6. The monoisotopic (exact) mass is 688 g/mol. The third-order valence-electron chi connectivity index (χ3n) is 9.03. The number of esters is 1. The van der Waals surface area contributed by atoms with Gasteiger partial charge in [0, 0.05) is 12.8 Å². The summed E-state index contributed by atoms with van der Waals surface area (Å²) in [7, 11) is 0. The second kappa shape index (κ2) is 38.4. The van der Waals surface area contributed by atoms with Crippen LogP contribution in [-0.4, -0.2) is 35.6 Å². The molecule has 1 amide bonds. The van der Waals surface area contributed by atoms with Gasteiger partial charge in [-0.2, -0.15) is 0 Å². The van der Waals surface area contributed by atoms with Gasteiger partial charge in [-0.15, -0.1) is 0 Å². The van der Waals surface area contributed by atoms with Gasteiger partial charge in [0.2, 0.25) is 5.91 Å². The molecule has 0 aliphatic carbocycles. The number of allylic oxidation sites excluding steroid dienone is 6. The molecule has 0 aliphatic rings. The van der Waals surface area contributed by atoms with Crippen LogP contribution in [0, 0.1) is 0 Å². The minimum absolute atomic E-state index is 0.0102. The summed E-state index contributed by atoms with van der Waals surface area (Å²) in [5, 5.41) is 11.1. The number of carbonyl (C=O) groups is 3. The molecule has 0 saturated heterocycles. The van der Waals surface area contributed by atoms with Crippen molar-refractivity contribution in [3.8, 4) is 0 Å². The van der Waals surface area contributed by atoms with E-state index in [1.807, 2.05) is 0 Å². The first-order chi connectivity index (χ1) is 24.0. The fourth-order valence-corrected chi connectivity index (χ4v) is 5.96. The van der Waals surface area contributed by atoms with Crippen LogP contribution in [0.5, 0.6) is 0 Å². The second-order valence-corrected chi connectivity index (χ2v) is 13.9. The van der Waals surface area contributed by atoms with Crippen molar-refractivity contribution in [2.45, 2.75) is 213 Å². The molecule has 0 aliphatic heterocycles. The zero-order chi connectivity index (χ0) is 35.9. The zero-order valence-corrected chi connectivity index (χ0v) is 32.0.